The summed E-state index contributed by atoms with van der Waals surface area (Å²) in [6.07, 6.45) is 8.60. The Morgan fingerprint density at radius 1 is 1.45 bits per heavy atom. The van der Waals surface area contributed by atoms with E-state index >= 15 is 0 Å². The Labute approximate surface area is 118 Å². The smallest absolute Gasteiger partial charge is 0.126 e. The van der Waals surface area contributed by atoms with Crippen LogP contribution in [-0.2, 0) is 0 Å². The summed E-state index contributed by atoms with van der Waals surface area (Å²) in [7, 11) is 0. The fraction of sp³-hybridized carbons (Fsp3) is 0.467. The summed E-state index contributed by atoms with van der Waals surface area (Å²) in [5.74, 6) is 0.707. The van der Waals surface area contributed by atoms with Gasteiger partial charge in [-0.3, -0.25) is 5.41 Å². The van der Waals surface area contributed by atoms with E-state index in [2.05, 4.69) is 17.3 Å². The van der Waals surface area contributed by atoms with Gasteiger partial charge in [0.25, 0.3) is 0 Å². The minimum atomic E-state index is 0.0622. The molecule has 0 aromatic carbocycles. The van der Waals surface area contributed by atoms with Crippen LogP contribution in [-0.4, -0.2) is 21.5 Å². The van der Waals surface area contributed by atoms with E-state index in [1.165, 1.54) is 25.7 Å². The third-order valence-electron chi connectivity index (χ3n) is 4.30. The molecule has 106 valence electrons. The highest BCUT2D eigenvalue weighted by atomic mass is 15.2. The highest BCUT2D eigenvalue weighted by Gasteiger charge is 2.23. The van der Waals surface area contributed by atoms with Crippen LogP contribution in [0.2, 0.25) is 0 Å². The zero-order valence-corrected chi connectivity index (χ0v) is 11.8. The van der Waals surface area contributed by atoms with Crippen molar-refractivity contribution in [2.45, 2.75) is 38.6 Å². The van der Waals surface area contributed by atoms with Crippen molar-refractivity contribution in [3.05, 3.63) is 30.1 Å². The van der Waals surface area contributed by atoms with E-state index in [0.29, 0.717) is 17.5 Å². The van der Waals surface area contributed by atoms with Crippen molar-refractivity contribution in [3.63, 3.8) is 0 Å². The van der Waals surface area contributed by atoms with Crippen molar-refractivity contribution in [2.24, 2.45) is 11.7 Å². The quantitative estimate of drug-likeness (QED) is 0.593. The number of anilines is 1. The lowest BCUT2D eigenvalue weighted by Crippen LogP contribution is -2.31. The Balaban J connectivity index is 2.01. The van der Waals surface area contributed by atoms with Crippen LogP contribution in [0, 0.1) is 11.3 Å². The molecule has 1 aliphatic carbocycles. The van der Waals surface area contributed by atoms with Gasteiger partial charge in [0.15, 0.2) is 0 Å². The van der Waals surface area contributed by atoms with Crippen molar-refractivity contribution in [2.75, 3.05) is 5.32 Å². The minimum absolute atomic E-state index is 0.0622. The van der Waals surface area contributed by atoms with Crippen LogP contribution in [0.25, 0.3) is 5.52 Å². The number of nitrogens with zero attached hydrogens (tertiary/aromatic N) is 2. The molecule has 5 heteroatoms. The first-order valence-electron chi connectivity index (χ1n) is 7.24. The topological polar surface area (TPSA) is 79.2 Å². The Bertz CT molecular complexity index is 630. The zero-order valence-electron chi connectivity index (χ0n) is 11.8. The number of aromatic nitrogens is 2. The lowest BCUT2D eigenvalue weighted by Gasteiger charge is -2.31. The highest BCUT2D eigenvalue weighted by Crippen LogP contribution is 2.30. The molecule has 1 fully saturated rings. The molecule has 20 heavy (non-hydrogen) atoms. The number of hydrogen-bond acceptors (Lipinski definition) is 3. The van der Waals surface area contributed by atoms with E-state index < -0.39 is 0 Å². The van der Waals surface area contributed by atoms with Gasteiger partial charge in [0.2, 0.25) is 0 Å². The molecule has 0 amide bonds. The Kier molecular flexibility index (Phi) is 3.34. The van der Waals surface area contributed by atoms with Crippen molar-refractivity contribution >= 4 is 17.0 Å². The van der Waals surface area contributed by atoms with Crippen LogP contribution in [0.1, 0.15) is 38.2 Å². The summed E-state index contributed by atoms with van der Waals surface area (Å²) in [6, 6.07) is 4.42. The molecule has 2 heterocycles. The first-order chi connectivity index (χ1) is 9.66. The molecule has 2 aromatic rings. The van der Waals surface area contributed by atoms with Gasteiger partial charge in [-0.15, -0.1) is 0 Å². The first-order valence-corrected chi connectivity index (χ1v) is 7.24. The third-order valence-corrected chi connectivity index (χ3v) is 4.30. The molecular weight excluding hydrogens is 250 g/mol. The molecule has 0 spiro atoms. The number of nitrogens with one attached hydrogen (secondary N) is 2. The molecule has 0 saturated heterocycles. The van der Waals surface area contributed by atoms with Crippen LogP contribution in [0.4, 0.5) is 5.69 Å². The molecule has 5 nitrogen and oxygen atoms in total. The summed E-state index contributed by atoms with van der Waals surface area (Å²) >= 11 is 0. The number of hydrogen-bond donors (Lipinski definition) is 3. The van der Waals surface area contributed by atoms with Gasteiger partial charge in [0.1, 0.15) is 5.84 Å². The number of rotatable bonds is 3. The second kappa shape index (κ2) is 5.15. The third kappa shape index (κ3) is 2.24. The molecule has 2 atom stereocenters. The SMILES string of the molecule is C[C@@H]1CCCC[C@@H]1Nc1c(C(=N)N)cnn2cccc12. The maximum absolute atomic E-state index is 7.76. The van der Waals surface area contributed by atoms with Crippen LogP contribution >= 0.6 is 0 Å². The van der Waals surface area contributed by atoms with Gasteiger partial charge in [-0.05, 0) is 30.9 Å². The van der Waals surface area contributed by atoms with Gasteiger partial charge < -0.3 is 11.1 Å². The summed E-state index contributed by atoms with van der Waals surface area (Å²) in [4.78, 5) is 0. The number of amidine groups is 1. The van der Waals surface area contributed by atoms with Gasteiger partial charge in [0, 0.05) is 12.2 Å². The highest BCUT2D eigenvalue weighted by molar-refractivity contribution is 6.03. The van der Waals surface area contributed by atoms with Gasteiger partial charge >= 0.3 is 0 Å². The normalized spacial score (nSPS) is 22.9. The predicted octanol–water partition coefficient (Wildman–Crippen LogP) is 2.61. The Hall–Kier alpha value is -2.04. The average Bonchev–Trinajstić information content (AvgIpc) is 2.90. The monoisotopic (exact) mass is 271 g/mol. The fourth-order valence-corrected chi connectivity index (χ4v) is 3.07. The lowest BCUT2D eigenvalue weighted by atomic mass is 9.85. The van der Waals surface area contributed by atoms with E-state index in [4.69, 9.17) is 11.1 Å². The number of nitrogens with two attached hydrogens (primary N) is 1. The van der Waals surface area contributed by atoms with E-state index in [9.17, 15) is 0 Å². The largest absolute Gasteiger partial charge is 0.384 e. The van der Waals surface area contributed by atoms with Crippen molar-refractivity contribution in [3.8, 4) is 0 Å². The molecular formula is C15H21N5. The van der Waals surface area contributed by atoms with Gasteiger partial charge in [-0.25, -0.2) is 4.52 Å². The average molecular weight is 271 g/mol. The molecule has 0 unspecified atom stereocenters. The van der Waals surface area contributed by atoms with Crippen molar-refractivity contribution in [1.82, 2.24) is 9.61 Å². The number of fused-ring (bicyclic) bond motifs is 1. The van der Waals surface area contributed by atoms with Crippen LogP contribution < -0.4 is 11.1 Å². The summed E-state index contributed by atoms with van der Waals surface area (Å²) in [5, 5.41) is 15.7. The summed E-state index contributed by atoms with van der Waals surface area (Å²) < 4.78 is 1.82. The second-order valence-electron chi connectivity index (χ2n) is 5.70. The molecule has 1 saturated carbocycles. The maximum Gasteiger partial charge on any atom is 0.126 e. The van der Waals surface area contributed by atoms with E-state index in [1.54, 1.807) is 6.20 Å². The zero-order chi connectivity index (χ0) is 14.1. The first kappa shape index (κ1) is 13.0. The standard InChI is InChI=1S/C15H21N5/c1-10-5-2-3-6-12(10)19-14-11(15(16)17)9-18-20-8-4-7-13(14)20/h4,7-10,12,19H,2-3,5-6H2,1H3,(H3,16,17)/t10-,12+/m1/s1. The van der Waals surface area contributed by atoms with Gasteiger partial charge in [-0.1, -0.05) is 19.8 Å². The summed E-state index contributed by atoms with van der Waals surface area (Å²) in [6.45, 7) is 2.29. The fourth-order valence-electron chi connectivity index (χ4n) is 3.07. The predicted molar refractivity (Wildman–Crippen MR) is 81.3 cm³/mol. The molecule has 2 aromatic heterocycles. The Morgan fingerprint density at radius 3 is 3.00 bits per heavy atom. The van der Waals surface area contributed by atoms with E-state index in [0.717, 1.165) is 11.2 Å². The second-order valence-corrected chi connectivity index (χ2v) is 5.70. The van der Waals surface area contributed by atoms with Crippen molar-refractivity contribution < 1.29 is 0 Å². The lowest BCUT2D eigenvalue weighted by molar-refractivity contribution is 0.349. The molecule has 0 aliphatic heterocycles. The minimum Gasteiger partial charge on any atom is -0.384 e. The molecule has 0 bridgehead atoms. The van der Waals surface area contributed by atoms with E-state index in [1.807, 2.05) is 22.8 Å². The van der Waals surface area contributed by atoms with Crippen molar-refractivity contribution in [1.29, 1.82) is 5.41 Å². The summed E-state index contributed by atoms with van der Waals surface area (Å²) in [5.41, 5.74) is 8.32. The maximum atomic E-state index is 7.76. The van der Waals surface area contributed by atoms with Crippen LogP contribution in [0.3, 0.4) is 0 Å². The van der Waals surface area contributed by atoms with Crippen LogP contribution in [0.15, 0.2) is 24.5 Å². The number of nitrogen functional groups attached to an aromatic ring is 1. The van der Waals surface area contributed by atoms with Gasteiger partial charge in [-0.2, -0.15) is 5.10 Å². The van der Waals surface area contributed by atoms with Crippen LogP contribution in [0.5, 0.6) is 0 Å². The molecule has 0 radical (unpaired) electrons. The molecule has 3 rings (SSSR count). The van der Waals surface area contributed by atoms with Gasteiger partial charge in [0.05, 0.1) is 23.0 Å². The molecule has 1 aliphatic rings. The van der Waals surface area contributed by atoms with E-state index in [-0.39, 0.29) is 5.84 Å². The Morgan fingerprint density at radius 2 is 2.25 bits per heavy atom. The molecule has 4 N–H and O–H groups in total.